The first-order valence-corrected chi connectivity index (χ1v) is 7.05. The molecule has 1 aliphatic carbocycles. The van der Waals surface area contributed by atoms with Crippen molar-refractivity contribution in [3.8, 4) is 0 Å². The number of nitrogens with zero attached hydrogens (tertiary/aromatic N) is 1. The van der Waals surface area contributed by atoms with Crippen LogP contribution in [0.4, 0.5) is 0 Å². The van der Waals surface area contributed by atoms with Crippen molar-refractivity contribution >= 4 is 5.78 Å². The maximum absolute atomic E-state index is 11.5. The highest BCUT2D eigenvalue weighted by Crippen LogP contribution is 2.27. The second-order valence-corrected chi connectivity index (χ2v) is 5.56. The summed E-state index contributed by atoms with van der Waals surface area (Å²) in [5.41, 5.74) is 0. The lowest BCUT2D eigenvalue weighted by Gasteiger charge is -2.38. The fourth-order valence-electron chi connectivity index (χ4n) is 3.33. The van der Waals surface area contributed by atoms with Crippen LogP contribution in [0.15, 0.2) is 0 Å². The maximum Gasteiger partial charge on any atom is 0.134 e. The molecule has 0 radical (unpaired) electrons. The Kier molecular flexibility index (Phi) is 4.39. The van der Waals surface area contributed by atoms with Crippen LogP contribution in [0.5, 0.6) is 0 Å². The van der Waals surface area contributed by atoms with Crippen LogP contribution in [0, 0.1) is 5.92 Å². The van der Waals surface area contributed by atoms with Crippen LogP contribution in [0.1, 0.15) is 58.3 Å². The van der Waals surface area contributed by atoms with Crippen LogP contribution in [-0.4, -0.2) is 29.8 Å². The highest BCUT2D eigenvalue weighted by atomic mass is 16.1. The topological polar surface area (TPSA) is 20.3 Å². The molecule has 1 saturated heterocycles. The fraction of sp³-hybridized carbons (Fsp3) is 0.929. The largest absolute Gasteiger partial charge is 0.300 e. The van der Waals surface area contributed by atoms with Crippen LogP contribution < -0.4 is 0 Å². The van der Waals surface area contributed by atoms with Crippen molar-refractivity contribution in [2.45, 2.75) is 64.3 Å². The van der Waals surface area contributed by atoms with Crippen LogP contribution in [0.25, 0.3) is 0 Å². The minimum Gasteiger partial charge on any atom is -0.300 e. The molecule has 1 unspecified atom stereocenters. The van der Waals surface area contributed by atoms with Gasteiger partial charge in [0.15, 0.2) is 0 Å². The van der Waals surface area contributed by atoms with Gasteiger partial charge in [0, 0.05) is 18.9 Å². The zero-order chi connectivity index (χ0) is 11.4. The van der Waals surface area contributed by atoms with Crippen molar-refractivity contribution in [2.75, 3.05) is 13.1 Å². The van der Waals surface area contributed by atoms with E-state index in [0.717, 1.165) is 25.2 Å². The molecule has 1 atom stereocenters. The van der Waals surface area contributed by atoms with Crippen molar-refractivity contribution in [3.05, 3.63) is 0 Å². The van der Waals surface area contributed by atoms with E-state index < -0.39 is 0 Å². The summed E-state index contributed by atoms with van der Waals surface area (Å²) in [5, 5.41) is 0. The first-order chi connectivity index (χ1) is 7.79. The Morgan fingerprint density at radius 2 is 2.00 bits per heavy atom. The summed E-state index contributed by atoms with van der Waals surface area (Å²) in [6, 6.07) is 0.587. The lowest BCUT2D eigenvalue weighted by molar-refractivity contribution is -0.122. The van der Waals surface area contributed by atoms with Gasteiger partial charge in [-0.2, -0.15) is 0 Å². The highest BCUT2D eigenvalue weighted by molar-refractivity contribution is 5.79. The Morgan fingerprint density at radius 3 is 2.62 bits per heavy atom. The monoisotopic (exact) mass is 223 g/mol. The first kappa shape index (κ1) is 12.1. The van der Waals surface area contributed by atoms with E-state index in [1.165, 1.54) is 45.2 Å². The van der Waals surface area contributed by atoms with E-state index in [1.807, 2.05) is 0 Å². The molecule has 0 aromatic carbocycles. The number of carbonyl (C=O) groups excluding carboxylic acids is 1. The Balaban J connectivity index is 1.77. The number of Topliss-reactive ketones (excluding diaryl/α,β-unsaturated/α-hetero) is 1. The standard InChI is InChI=1S/C14H25NO/c1-2-4-12-7-9-15(10-8-12)13-5-3-6-14(16)11-13/h12-13H,2-11H2,1H3. The number of ketones is 1. The van der Waals surface area contributed by atoms with Gasteiger partial charge in [0.05, 0.1) is 0 Å². The molecule has 0 aromatic heterocycles. The highest BCUT2D eigenvalue weighted by Gasteiger charge is 2.28. The van der Waals surface area contributed by atoms with Gasteiger partial charge in [0.1, 0.15) is 5.78 Å². The number of hydrogen-bond donors (Lipinski definition) is 0. The molecule has 0 amide bonds. The smallest absolute Gasteiger partial charge is 0.134 e. The second kappa shape index (κ2) is 5.81. The van der Waals surface area contributed by atoms with Gasteiger partial charge in [-0.3, -0.25) is 9.69 Å². The fourth-order valence-corrected chi connectivity index (χ4v) is 3.33. The van der Waals surface area contributed by atoms with Crippen molar-refractivity contribution < 1.29 is 4.79 Å². The minimum atomic E-state index is 0.493. The van der Waals surface area contributed by atoms with E-state index in [1.54, 1.807) is 0 Å². The van der Waals surface area contributed by atoms with E-state index >= 15 is 0 Å². The predicted molar refractivity (Wildman–Crippen MR) is 66.5 cm³/mol. The van der Waals surface area contributed by atoms with Crippen molar-refractivity contribution in [3.63, 3.8) is 0 Å². The lowest BCUT2D eigenvalue weighted by Crippen LogP contribution is -2.43. The van der Waals surface area contributed by atoms with Gasteiger partial charge >= 0.3 is 0 Å². The number of carbonyl (C=O) groups is 1. The van der Waals surface area contributed by atoms with E-state index in [9.17, 15) is 4.79 Å². The van der Waals surface area contributed by atoms with Crippen LogP contribution in [0.2, 0.25) is 0 Å². The summed E-state index contributed by atoms with van der Waals surface area (Å²) in [6.45, 7) is 4.76. The molecule has 92 valence electrons. The summed E-state index contributed by atoms with van der Waals surface area (Å²) in [7, 11) is 0. The Hall–Kier alpha value is -0.370. The molecule has 0 bridgehead atoms. The molecule has 16 heavy (non-hydrogen) atoms. The molecule has 2 rings (SSSR count). The number of hydrogen-bond acceptors (Lipinski definition) is 2. The average molecular weight is 223 g/mol. The molecule has 1 aliphatic heterocycles. The van der Waals surface area contributed by atoms with Gasteiger partial charge in [-0.1, -0.05) is 19.8 Å². The van der Waals surface area contributed by atoms with E-state index in [-0.39, 0.29) is 0 Å². The molecule has 1 saturated carbocycles. The molecule has 0 aromatic rings. The van der Waals surface area contributed by atoms with Crippen molar-refractivity contribution in [1.82, 2.24) is 4.90 Å². The quantitative estimate of drug-likeness (QED) is 0.733. The van der Waals surface area contributed by atoms with Crippen molar-refractivity contribution in [2.24, 2.45) is 5.92 Å². The van der Waals surface area contributed by atoms with E-state index in [2.05, 4.69) is 11.8 Å². The minimum absolute atomic E-state index is 0.493. The van der Waals surface area contributed by atoms with Crippen LogP contribution in [-0.2, 0) is 4.79 Å². The predicted octanol–water partition coefficient (Wildman–Crippen LogP) is 3.01. The summed E-state index contributed by atoms with van der Waals surface area (Å²) in [4.78, 5) is 14.0. The number of piperidine rings is 1. The van der Waals surface area contributed by atoms with Gasteiger partial charge in [-0.15, -0.1) is 0 Å². The Morgan fingerprint density at radius 1 is 1.25 bits per heavy atom. The molecular formula is C14H25NO. The van der Waals surface area contributed by atoms with Gasteiger partial charge in [-0.25, -0.2) is 0 Å². The molecule has 2 heteroatoms. The SMILES string of the molecule is CCCC1CCN(C2CCCC(=O)C2)CC1. The molecule has 2 fully saturated rings. The van der Waals surface area contributed by atoms with E-state index in [0.29, 0.717) is 11.8 Å². The maximum atomic E-state index is 11.5. The molecule has 2 nitrogen and oxygen atoms in total. The van der Waals surface area contributed by atoms with E-state index in [4.69, 9.17) is 0 Å². The average Bonchev–Trinajstić information content (AvgIpc) is 2.30. The zero-order valence-corrected chi connectivity index (χ0v) is 10.6. The Labute approximate surface area is 99.4 Å². The number of rotatable bonds is 3. The third-order valence-corrected chi connectivity index (χ3v) is 4.32. The van der Waals surface area contributed by atoms with Crippen LogP contribution >= 0.6 is 0 Å². The third kappa shape index (κ3) is 3.07. The molecule has 0 spiro atoms. The van der Waals surface area contributed by atoms with Gasteiger partial charge < -0.3 is 0 Å². The molecule has 2 aliphatic rings. The summed E-state index contributed by atoms with van der Waals surface area (Å²) < 4.78 is 0. The normalized spacial score (nSPS) is 29.6. The van der Waals surface area contributed by atoms with Gasteiger partial charge in [0.2, 0.25) is 0 Å². The van der Waals surface area contributed by atoms with Crippen LogP contribution in [0.3, 0.4) is 0 Å². The molecule has 0 N–H and O–H groups in total. The third-order valence-electron chi connectivity index (χ3n) is 4.32. The number of likely N-dealkylation sites (tertiary alicyclic amines) is 1. The first-order valence-electron chi connectivity index (χ1n) is 7.05. The molecule has 1 heterocycles. The lowest BCUT2D eigenvalue weighted by atomic mass is 9.88. The summed E-state index contributed by atoms with van der Waals surface area (Å²) in [5.74, 6) is 1.45. The second-order valence-electron chi connectivity index (χ2n) is 5.56. The molecular weight excluding hydrogens is 198 g/mol. The summed E-state index contributed by atoms with van der Waals surface area (Å²) in [6.07, 6.45) is 9.49. The zero-order valence-electron chi connectivity index (χ0n) is 10.6. The Bertz CT molecular complexity index is 231. The van der Waals surface area contributed by atoms with Gasteiger partial charge in [-0.05, 0) is 44.7 Å². The van der Waals surface area contributed by atoms with Gasteiger partial charge in [0.25, 0.3) is 0 Å². The summed E-state index contributed by atoms with van der Waals surface area (Å²) >= 11 is 0. The van der Waals surface area contributed by atoms with Crippen molar-refractivity contribution in [1.29, 1.82) is 0 Å².